The summed E-state index contributed by atoms with van der Waals surface area (Å²) in [6, 6.07) is 0. The van der Waals surface area contributed by atoms with Gasteiger partial charge in [-0.1, -0.05) is 0 Å². The van der Waals surface area contributed by atoms with E-state index < -0.39 is 0 Å². The van der Waals surface area contributed by atoms with Crippen LogP contribution in [0.25, 0.3) is 0 Å². The number of nitrogens with one attached hydrogen (secondary N) is 1. The Hall–Kier alpha value is -1.19. The van der Waals surface area contributed by atoms with Gasteiger partial charge in [0.05, 0.1) is 6.21 Å². The van der Waals surface area contributed by atoms with Crippen molar-refractivity contribution >= 4 is 18.5 Å². The van der Waals surface area contributed by atoms with E-state index in [-0.39, 0.29) is 5.96 Å². The van der Waals surface area contributed by atoms with Crippen molar-refractivity contribution in [3.63, 3.8) is 0 Å². The van der Waals surface area contributed by atoms with Gasteiger partial charge in [0, 0.05) is 0 Å². The number of rotatable bonds is 1. The van der Waals surface area contributed by atoms with Crippen LogP contribution < -0.4 is 5.73 Å². The summed E-state index contributed by atoms with van der Waals surface area (Å²) in [5.74, 6) is -0.355. The van der Waals surface area contributed by atoms with E-state index in [1.54, 1.807) is 0 Å². The van der Waals surface area contributed by atoms with E-state index in [4.69, 9.17) is 11.1 Å². The van der Waals surface area contributed by atoms with E-state index in [9.17, 15) is 4.79 Å². The average Bonchev–Trinajstić information content (AvgIpc) is 1.61. The minimum atomic E-state index is -0.355. The minimum Gasteiger partial charge on any atom is -0.368 e. The fourth-order valence-corrected chi connectivity index (χ4v) is 0.111. The van der Waals surface area contributed by atoms with Gasteiger partial charge < -0.3 is 5.73 Å². The normalized spacial score (nSPS) is 9.14. The van der Waals surface area contributed by atoms with Crippen LogP contribution >= 0.6 is 0 Å². The van der Waals surface area contributed by atoms with E-state index in [1.165, 1.54) is 0 Å². The number of aldehydes is 1. The number of guanidine groups is 1. The molecule has 0 unspecified atom stereocenters. The monoisotopic (exact) mass is 99.0 g/mol. The highest BCUT2D eigenvalue weighted by molar-refractivity contribution is 6.15. The van der Waals surface area contributed by atoms with Gasteiger partial charge in [-0.3, -0.25) is 10.2 Å². The Bertz CT molecular complexity index is 107. The van der Waals surface area contributed by atoms with Crippen molar-refractivity contribution in [2.75, 3.05) is 0 Å². The first-order chi connectivity index (χ1) is 3.27. The molecule has 0 atom stereocenters. The molecule has 38 valence electrons. The largest absolute Gasteiger partial charge is 0.368 e. The lowest BCUT2D eigenvalue weighted by Crippen LogP contribution is -2.05. The highest BCUT2D eigenvalue weighted by Crippen LogP contribution is 1.54. The number of nitrogens with two attached hydrogens (primary N) is 1. The van der Waals surface area contributed by atoms with Gasteiger partial charge in [0.2, 0.25) is 5.96 Å². The Kier molecular flexibility index (Phi) is 2.50. The van der Waals surface area contributed by atoms with Crippen LogP contribution in [0.2, 0.25) is 0 Å². The summed E-state index contributed by atoms with van der Waals surface area (Å²) >= 11 is 0. The second-order valence-corrected chi connectivity index (χ2v) is 0.799. The molecule has 4 nitrogen and oxygen atoms in total. The Morgan fingerprint density at radius 1 is 1.86 bits per heavy atom. The molecule has 7 heavy (non-hydrogen) atoms. The fourth-order valence-electron chi connectivity index (χ4n) is 0.111. The Balaban J connectivity index is 3.46. The summed E-state index contributed by atoms with van der Waals surface area (Å²) in [4.78, 5) is 12.5. The van der Waals surface area contributed by atoms with E-state index in [0.717, 1.165) is 6.21 Å². The summed E-state index contributed by atoms with van der Waals surface area (Å²) in [5.41, 5.74) is 4.70. The molecule has 0 aromatic heterocycles. The van der Waals surface area contributed by atoms with Gasteiger partial charge in [-0.25, -0.2) is 4.99 Å². The predicted molar refractivity (Wildman–Crippen MR) is 26.5 cm³/mol. The van der Waals surface area contributed by atoms with Gasteiger partial charge in [-0.2, -0.15) is 0 Å². The maximum atomic E-state index is 9.41. The van der Waals surface area contributed by atoms with Gasteiger partial charge in [-0.05, 0) is 0 Å². The number of carbonyl (C=O) groups is 1. The molecule has 0 aromatic rings. The first kappa shape index (κ1) is 5.81. The van der Waals surface area contributed by atoms with Crippen molar-refractivity contribution in [3.05, 3.63) is 0 Å². The van der Waals surface area contributed by atoms with Crippen LogP contribution in [-0.2, 0) is 4.79 Å². The molecule has 0 radical (unpaired) electrons. The van der Waals surface area contributed by atoms with Crippen molar-refractivity contribution in [1.29, 1.82) is 5.41 Å². The maximum Gasteiger partial charge on any atom is 0.212 e. The molecule has 0 saturated carbocycles. The highest BCUT2D eigenvalue weighted by Gasteiger charge is 1.70. The van der Waals surface area contributed by atoms with Crippen LogP contribution in [0.3, 0.4) is 0 Å². The maximum absolute atomic E-state index is 9.41. The fraction of sp³-hybridized carbons (Fsp3) is 0. The van der Waals surface area contributed by atoms with Crippen LogP contribution in [0.5, 0.6) is 0 Å². The lowest BCUT2D eigenvalue weighted by Gasteiger charge is -1.75. The number of aliphatic imine (C=N–C) groups is 1. The summed E-state index contributed by atoms with van der Waals surface area (Å²) in [7, 11) is 0. The highest BCUT2D eigenvalue weighted by atomic mass is 16.1. The topological polar surface area (TPSA) is 79.3 Å². The van der Waals surface area contributed by atoms with Crippen LogP contribution in [0.1, 0.15) is 0 Å². The molecule has 0 amide bonds. The van der Waals surface area contributed by atoms with Gasteiger partial charge in [0.15, 0.2) is 6.29 Å². The van der Waals surface area contributed by atoms with Crippen LogP contribution in [0.4, 0.5) is 0 Å². The second-order valence-electron chi connectivity index (χ2n) is 0.799. The molecule has 0 saturated heterocycles. The Morgan fingerprint density at radius 3 is 2.57 bits per heavy atom. The van der Waals surface area contributed by atoms with Gasteiger partial charge in [-0.15, -0.1) is 0 Å². The smallest absolute Gasteiger partial charge is 0.212 e. The molecular formula is C3H5N3O. The number of hydrogen-bond acceptors (Lipinski definition) is 2. The molecular weight excluding hydrogens is 94.1 g/mol. The van der Waals surface area contributed by atoms with Crippen LogP contribution in [0, 0.1) is 5.41 Å². The molecule has 0 bridgehead atoms. The third-order valence-corrected chi connectivity index (χ3v) is 0.274. The molecule has 0 aliphatic heterocycles. The molecule has 0 aliphatic rings. The third kappa shape index (κ3) is 4.81. The summed E-state index contributed by atoms with van der Waals surface area (Å²) < 4.78 is 0. The number of hydrogen-bond donors (Lipinski definition) is 2. The number of nitrogens with zero attached hydrogens (tertiary/aromatic N) is 1. The summed E-state index contributed by atoms with van der Waals surface area (Å²) in [6.07, 6.45) is 1.38. The predicted octanol–water partition coefficient (Wildman–Crippen LogP) is -0.850. The molecule has 0 fully saturated rings. The van der Waals surface area contributed by atoms with Gasteiger partial charge in [0.25, 0.3) is 0 Å². The van der Waals surface area contributed by atoms with Gasteiger partial charge >= 0.3 is 0 Å². The second kappa shape index (κ2) is 3.02. The lowest BCUT2D eigenvalue weighted by atomic mass is 10.8. The van der Waals surface area contributed by atoms with Crippen molar-refractivity contribution in [2.24, 2.45) is 10.7 Å². The average molecular weight is 99.1 g/mol. The molecule has 0 aromatic carbocycles. The van der Waals surface area contributed by atoms with Crippen molar-refractivity contribution in [2.45, 2.75) is 0 Å². The summed E-state index contributed by atoms with van der Waals surface area (Å²) in [5, 5.41) is 6.42. The quantitative estimate of drug-likeness (QED) is 0.255. The molecule has 0 aliphatic carbocycles. The van der Waals surface area contributed by atoms with Crippen molar-refractivity contribution < 1.29 is 4.79 Å². The van der Waals surface area contributed by atoms with Crippen molar-refractivity contribution in [3.8, 4) is 0 Å². The molecule has 0 spiro atoms. The number of carbonyl (C=O) groups excluding carboxylic acids is 1. The zero-order valence-electron chi connectivity index (χ0n) is 3.59. The van der Waals surface area contributed by atoms with E-state index in [0.29, 0.717) is 6.29 Å². The SMILES string of the molecule is N=C(N)/N=C/C=O. The molecule has 4 heteroatoms. The minimum absolute atomic E-state index is 0.355. The van der Waals surface area contributed by atoms with Crippen LogP contribution in [-0.4, -0.2) is 18.5 Å². The first-order valence-corrected chi connectivity index (χ1v) is 1.59. The standard InChI is InChI=1S/C3H5N3O/c4-3(5)6-1-2-7/h1-2H,(H3,4,5)/b6-1+. The molecule has 0 heterocycles. The van der Waals surface area contributed by atoms with Crippen molar-refractivity contribution in [1.82, 2.24) is 0 Å². The van der Waals surface area contributed by atoms with Crippen LogP contribution in [0.15, 0.2) is 4.99 Å². The third-order valence-electron chi connectivity index (χ3n) is 0.274. The first-order valence-electron chi connectivity index (χ1n) is 1.59. The zero-order valence-corrected chi connectivity index (χ0v) is 3.59. The van der Waals surface area contributed by atoms with Gasteiger partial charge in [0.1, 0.15) is 0 Å². The van der Waals surface area contributed by atoms with E-state index in [1.807, 2.05) is 0 Å². The van der Waals surface area contributed by atoms with E-state index in [2.05, 4.69) is 4.99 Å². The Labute approximate surface area is 40.6 Å². The molecule has 0 rings (SSSR count). The van der Waals surface area contributed by atoms with E-state index >= 15 is 0 Å². The lowest BCUT2D eigenvalue weighted by molar-refractivity contribution is -0.102. The zero-order chi connectivity index (χ0) is 5.70. The Morgan fingerprint density at radius 2 is 2.43 bits per heavy atom. The molecule has 3 N–H and O–H groups in total. The summed E-state index contributed by atoms with van der Waals surface area (Å²) in [6.45, 7) is 0.